The first-order valence-corrected chi connectivity index (χ1v) is 9.20. The smallest absolute Gasteiger partial charge is 0.415 e. The summed E-state index contributed by atoms with van der Waals surface area (Å²) < 4.78 is 16.8. The van der Waals surface area contributed by atoms with Gasteiger partial charge in [0.2, 0.25) is 9.76 Å². The maximum atomic E-state index is 5.86. The van der Waals surface area contributed by atoms with Crippen LogP contribution in [-0.4, -0.2) is 45.9 Å². The molecule has 0 aliphatic heterocycles. The van der Waals surface area contributed by atoms with Gasteiger partial charge in [-0.05, 0) is 38.4 Å². The van der Waals surface area contributed by atoms with E-state index in [-0.39, 0.29) is 0 Å². The summed E-state index contributed by atoms with van der Waals surface area (Å²) in [5.41, 5.74) is 10.9. The summed E-state index contributed by atoms with van der Waals surface area (Å²) in [5.74, 6) is 0. The molecule has 4 N–H and O–H groups in total. The van der Waals surface area contributed by atoms with Gasteiger partial charge in [0.15, 0.2) is 0 Å². The van der Waals surface area contributed by atoms with Crippen molar-refractivity contribution in [2.45, 2.75) is 37.8 Å². The quantitative estimate of drug-likeness (QED) is 0.407. The lowest BCUT2D eigenvalue weighted by molar-refractivity contribution is 0.162. The Hall–Kier alpha value is 0.234. The number of unbranched alkanes of at least 4 members (excludes halogenated alkanes) is 2. The zero-order valence-corrected chi connectivity index (χ0v) is 13.0. The fourth-order valence-electron chi connectivity index (χ4n) is 1.41. The molecule has 0 saturated heterocycles. The Morgan fingerprint density at radius 1 is 0.941 bits per heavy atom. The fraction of sp³-hybridized carbons (Fsp3) is 1.00. The monoisotopic (exact) mass is 278 g/mol. The molecule has 17 heavy (non-hydrogen) atoms. The van der Waals surface area contributed by atoms with Gasteiger partial charge in [-0.15, -0.1) is 0 Å². The predicted molar refractivity (Wildman–Crippen MR) is 72.8 cm³/mol. The molecule has 0 amide bonds. The van der Waals surface area contributed by atoms with Crippen LogP contribution in [0.25, 0.3) is 0 Å². The van der Waals surface area contributed by atoms with E-state index < -0.39 is 8.80 Å². The third-order valence-corrected chi connectivity index (χ3v) is 7.11. The van der Waals surface area contributed by atoms with Crippen molar-refractivity contribution < 1.29 is 13.0 Å². The average Bonchev–Trinajstić information content (AvgIpc) is 2.37. The van der Waals surface area contributed by atoms with Gasteiger partial charge < -0.3 is 24.4 Å². The van der Waals surface area contributed by atoms with Crippen molar-refractivity contribution in [3.05, 3.63) is 0 Å². The molecule has 0 aliphatic carbocycles. The van der Waals surface area contributed by atoms with E-state index in [1.165, 1.54) is 0 Å². The van der Waals surface area contributed by atoms with Crippen molar-refractivity contribution in [3.8, 4) is 0 Å². The zero-order chi connectivity index (χ0) is 13.0. The van der Waals surface area contributed by atoms with Crippen LogP contribution in [0.1, 0.15) is 25.7 Å². The Labute approximate surface area is 108 Å². The molecule has 0 aliphatic rings. The first-order chi connectivity index (χ1) is 8.24. The van der Waals surface area contributed by atoms with Gasteiger partial charge in [0.1, 0.15) is 0 Å². The highest BCUT2D eigenvalue weighted by Crippen LogP contribution is 2.17. The second kappa shape index (κ2) is 11.3. The average molecular weight is 279 g/mol. The minimum atomic E-state index is -2.42. The SMILES string of the molecule is CO[Si](CCCCN)(OC)O[Si]CCCCN. The molecule has 0 spiro atoms. The van der Waals surface area contributed by atoms with E-state index in [1.807, 2.05) is 0 Å². The topological polar surface area (TPSA) is 79.7 Å². The molecule has 0 aromatic rings. The molecule has 5 nitrogen and oxygen atoms in total. The Morgan fingerprint density at radius 2 is 1.53 bits per heavy atom. The van der Waals surface area contributed by atoms with Gasteiger partial charge in [0.25, 0.3) is 0 Å². The molecule has 0 heterocycles. The lowest BCUT2D eigenvalue weighted by Gasteiger charge is -2.26. The largest absolute Gasteiger partial charge is 0.489 e. The minimum absolute atomic E-state index is 0.444. The molecule has 102 valence electrons. The van der Waals surface area contributed by atoms with E-state index in [9.17, 15) is 0 Å². The molecule has 0 fully saturated rings. The molecule has 0 rings (SSSR count). The van der Waals surface area contributed by atoms with Crippen molar-refractivity contribution in [2.24, 2.45) is 11.5 Å². The normalized spacial score (nSPS) is 12.0. The van der Waals surface area contributed by atoms with Crippen LogP contribution in [0.4, 0.5) is 0 Å². The summed E-state index contributed by atoms with van der Waals surface area (Å²) >= 11 is 0. The first-order valence-electron chi connectivity index (χ1n) is 6.16. The van der Waals surface area contributed by atoms with Gasteiger partial charge in [0.05, 0.1) is 0 Å². The number of rotatable bonds is 12. The molecular formula is C10H26N2O3Si2. The van der Waals surface area contributed by atoms with Crippen molar-refractivity contribution >= 4 is 18.6 Å². The van der Waals surface area contributed by atoms with Gasteiger partial charge in [-0.25, -0.2) is 0 Å². The molecular weight excluding hydrogens is 252 g/mol. The highest BCUT2D eigenvalue weighted by atomic mass is 28.4. The molecule has 0 atom stereocenters. The van der Waals surface area contributed by atoms with Gasteiger partial charge in [-0.3, -0.25) is 0 Å². The van der Waals surface area contributed by atoms with Gasteiger partial charge in [-0.1, -0.05) is 6.42 Å². The maximum absolute atomic E-state index is 5.86. The standard InChI is InChI=1S/C10H26N2O3Si2/c1-13-17(14-2,10-6-4-8-12)15-16-9-5-3-7-11/h3-12H2,1-2H3. The molecule has 0 aromatic carbocycles. The van der Waals surface area contributed by atoms with Crippen LogP contribution in [0.15, 0.2) is 0 Å². The highest BCUT2D eigenvalue weighted by Gasteiger charge is 2.37. The Balaban J connectivity index is 3.85. The van der Waals surface area contributed by atoms with E-state index in [0.29, 0.717) is 16.3 Å². The summed E-state index contributed by atoms with van der Waals surface area (Å²) in [6.45, 7) is 1.45. The van der Waals surface area contributed by atoms with Crippen molar-refractivity contribution in [1.82, 2.24) is 0 Å². The molecule has 2 radical (unpaired) electrons. The summed E-state index contributed by atoms with van der Waals surface area (Å²) in [5, 5.41) is 0. The van der Waals surface area contributed by atoms with Crippen LogP contribution in [0.3, 0.4) is 0 Å². The fourth-order valence-corrected chi connectivity index (χ4v) is 5.43. The van der Waals surface area contributed by atoms with Crippen LogP contribution >= 0.6 is 0 Å². The van der Waals surface area contributed by atoms with E-state index in [1.54, 1.807) is 14.2 Å². The van der Waals surface area contributed by atoms with Gasteiger partial charge in [-0.2, -0.15) is 0 Å². The lowest BCUT2D eigenvalue weighted by atomic mass is 10.3. The van der Waals surface area contributed by atoms with Gasteiger partial charge >= 0.3 is 8.80 Å². The van der Waals surface area contributed by atoms with E-state index in [4.69, 9.17) is 24.4 Å². The Kier molecular flexibility index (Phi) is 11.5. The van der Waals surface area contributed by atoms with Gasteiger partial charge in [0, 0.05) is 20.3 Å². The third kappa shape index (κ3) is 8.03. The minimum Gasteiger partial charge on any atom is -0.415 e. The van der Waals surface area contributed by atoms with Crippen molar-refractivity contribution in [3.63, 3.8) is 0 Å². The summed E-state index contributed by atoms with van der Waals surface area (Å²) in [6.07, 6.45) is 4.15. The maximum Gasteiger partial charge on any atom is 0.489 e. The van der Waals surface area contributed by atoms with Crippen LogP contribution in [-0.2, 0) is 13.0 Å². The van der Waals surface area contributed by atoms with Crippen LogP contribution in [0.5, 0.6) is 0 Å². The Morgan fingerprint density at radius 3 is 2.06 bits per heavy atom. The lowest BCUT2D eigenvalue weighted by Crippen LogP contribution is -2.44. The van der Waals surface area contributed by atoms with Crippen molar-refractivity contribution in [1.29, 1.82) is 0 Å². The molecule has 0 unspecified atom stereocenters. The van der Waals surface area contributed by atoms with Crippen LogP contribution in [0.2, 0.25) is 12.1 Å². The van der Waals surface area contributed by atoms with Crippen LogP contribution in [0, 0.1) is 0 Å². The zero-order valence-electron chi connectivity index (χ0n) is 11.0. The van der Waals surface area contributed by atoms with E-state index >= 15 is 0 Å². The number of hydrogen-bond donors (Lipinski definition) is 2. The molecule has 0 aromatic heterocycles. The highest BCUT2D eigenvalue weighted by molar-refractivity contribution is 6.65. The molecule has 7 heteroatoms. The van der Waals surface area contributed by atoms with E-state index in [0.717, 1.165) is 44.3 Å². The third-order valence-electron chi connectivity index (χ3n) is 2.52. The molecule has 0 saturated carbocycles. The second-order valence-corrected chi connectivity index (χ2v) is 8.12. The first kappa shape index (κ1) is 17.2. The molecule has 0 bridgehead atoms. The Bertz CT molecular complexity index is 172. The number of hydrogen-bond acceptors (Lipinski definition) is 5. The second-order valence-electron chi connectivity index (χ2n) is 3.83. The summed E-state index contributed by atoms with van der Waals surface area (Å²) in [7, 11) is 1.37. The van der Waals surface area contributed by atoms with Crippen LogP contribution < -0.4 is 11.5 Å². The van der Waals surface area contributed by atoms with Crippen molar-refractivity contribution in [2.75, 3.05) is 27.3 Å². The summed E-state index contributed by atoms with van der Waals surface area (Å²) in [6, 6.07) is 1.89. The van der Waals surface area contributed by atoms with E-state index in [2.05, 4.69) is 0 Å². The number of nitrogens with two attached hydrogens (primary N) is 2. The predicted octanol–water partition coefficient (Wildman–Crippen LogP) is 0.750. The summed E-state index contributed by atoms with van der Waals surface area (Å²) in [4.78, 5) is 0.